The molecule has 0 amide bonds. The number of rotatable bonds is 6. The number of nitrogens with zero attached hydrogens (tertiary/aromatic N) is 1. The van der Waals surface area contributed by atoms with Crippen LogP contribution in [0.1, 0.15) is 80.1 Å². The van der Waals surface area contributed by atoms with E-state index in [1.165, 1.54) is 12.8 Å². The van der Waals surface area contributed by atoms with E-state index in [0.29, 0.717) is 42.6 Å². The molecule has 0 N–H and O–H groups in total. The maximum Gasteiger partial charge on any atom is 0.362 e. The van der Waals surface area contributed by atoms with Crippen LogP contribution >= 0.6 is 0 Å². The van der Waals surface area contributed by atoms with E-state index in [1.807, 2.05) is 0 Å². The van der Waals surface area contributed by atoms with E-state index in [0.717, 1.165) is 25.7 Å². The van der Waals surface area contributed by atoms with Crippen LogP contribution in [0.15, 0.2) is 0 Å². The Bertz CT molecular complexity index is 784. The highest BCUT2D eigenvalue weighted by Gasteiger charge is 2.64. The van der Waals surface area contributed by atoms with Crippen molar-refractivity contribution in [1.82, 2.24) is 0 Å². The Labute approximate surface area is 205 Å². The Morgan fingerprint density at radius 2 is 1.18 bits per heavy atom. The van der Waals surface area contributed by atoms with E-state index >= 15 is 0 Å². The van der Waals surface area contributed by atoms with Gasteiger partial charge in [0.05, 0.1) is 13.2 Å². The molecular formula is C28H46NO5+. The van der Waals surface area contributed by atoms with E-state index < -0.39 is 0 Å². The first-order chi connectivity index (χ1) is 15.8. The number of hydrogen-bond donors (Lipinski definition) is 0. The van der Waals surface area contributed by atoms with E-state index in [9.17, 15) is 9.59 Å². The van der Waals surface area contributed by atoms with Crippen molar-refractivity contribution in [3.8, 4) is 0 Å². The van der Waals surface area contributed by atoms with Crippen LogP contribution in [0.4, 0.5) is 0 Å². The van der Waals surface area contributed by atoms with Crippen LogP contribution in [0, 0.1) is 33.5 Å². The molecular weight excluding hydrogens is 430 g/mol. The van der Waals surface area contributed by atoms with Gasteiger partial charge in [0.1, 0.15) is 25.3 Å². The first kappa shape index (κ1) is 24.5. The van der Waals surface area contributed by atoms with Crippen LogP contribution in [0.25, 0.3) is 0 Å². The van der Waals surface area contributed by atoms with E-state index in [4.69, 9.17) is 14.2 Å². The molecule has 4 aliphatic carbocycles. The third kappa shape index (κ3) is 3.48. The lowest BCUT2D eigenvalue weighted by Gasteiger charge is -2.42. The van der Waals surface area contributed by atoms with Crippen LogP contribution in [0.3, 0.4) is 0 Å². The zero-order valence-corrected chi connectivity index (χ0v) is 22.3. The summed E-state index contributed by atoms with van der Waals surface area (Å²) in [6.07, 6.45) is 6.63. The number of carbonyl (C=O) groups excluding carboxylic acids is 2. The summed E-state index contributed by atoms with van der Waals surface area (Å²) in [5.41, 5.74) is 0.507. The molecule has 6 atom stereocenters. The Morgan fingerprint density at radius 1 is 0.765 bits per heavy atom. The molecule has 4 bridgehead atoms. The Morgan fingerprint density at radius 3 is 1.50 bits per heavy atom. The normalized spacial score (nSPS) is 43.1. The highest BCUT2D eigenvalue weighted by atomic mass is 16.6. The van der Waals surface area contributed by atoms with Gasteiger partial charge in [0.25, 0.3) is 0 Å². The minimum atomic E-state index is -0.169. The molecule has 1 heterocycles. The summed E-state index contributed by atoms with van der Waals surface area (Å²) in [6.45, 7) is 16.8. The Hall–Kier alpha value is -1.14. The van der Waals surface area contributed by atoms with Gasteiger partial charge in [-0.2, -0.15) is 0 Å². The van der Waals surface area contributed by atoms with E-state index in [-0.39, 0.29) is 58.9 Å². The van der Waals surface area contributed by atoms with Crippen molar-refractivity contribution in [1.29, 1.82) is 0 Å². The molecule has 1 aliphatic heterocycles. The van der Waals surface area contributed by atoms with Crippen molar-refractivity contribution in [2.75, 3.05) is 39.4 Å². The molecule has 0 unspecified atom stereocenters. The molecule has 0 spiro atoms. The van der Waals surface area contributed by atoms with Crippen molar-refractivity contribution >= 4 is 11.9 Å². The summed E-state index contributed by atoms with van der Waals surface area (Å²) in [7, 11) is 0. The third-order valence-corrected chi connectivity index (χ3v) is 12.3. The van der Waals surface area contributed by atoms with Crippen molar-refractivity contribution in [2.24, 2.45) is 33.5 Å². The van der Waals surface area contributed by atoms with Gasteiger partial charge in [0.2, 0.25) is 0 Å². The number of hydrogen-bond acceptors (Lipinski definition) is 5. The molecule has 6 heteroatoms. The Balaban J connectivity index is 1.23. The molecule has 0 aromatic carbocycles. The summed E-state index contributed by atoms with van der Waals surface area (Å²) in [6, 6.07) is 0. The molecule has 0 radical (unpaired) electrons. The van der Waals surface area contributed by atoms with Gasteiger partial charge in [0.15, 0.2) is 13.1 Å². The molecule has 0 aromatic heterocycles. The summed E-state index contributed by atoms with van der Waals surface area (Å²) in [4.78, 5) is 26.5. The molecule has 192 valence electrons. The molecule has 34 heavy (non-hydrogen) atoms. The van der Waals surface area contributed by atoms with Crippen molar-refractivity contribution in [3.63, 3.8) is 0 Å². The molecule has 5 rings (SSSR count). The van der Waals surface area contributed by atoms with Gasteiger partial charge < -0.3 is 18.7 Å². The average Bonchev–Trinajstić information content (AvgIpc) is 3.26. The summed E-state index contributed by atoms with van der Waals surface area (Å²) in [5.74, 6) is 0.919. The lowest BCUT2D eigenvalue weighted by molar-refractivity contribution is -0.921. The van der Waals surface area contributed by atoms with Gasteiger partial charge >= 0.3 is 11.9 Å². The zero-order chi connectivity index (χ0) is 24.6. The molecule has 5 fully saturated rings. The largest absolute Gasteiger partial charge is 0.458 e. The molecule has 0 aromatic rings. The van der Waals surface area contributed by atoms with Crippen LogP contribution in [-0.4, -0.2) is 68.0 Å². The average molecular weight is 477 g/mol. The fourth-order valence-corrected chi connectivity index (χ4v) is 8.66. The quantitative estimate of drug-likeness (QED) is 0.421. The van der Waals surface area contributed by atoms with Crippen LogP contribution in [0.5, 0.6) is 0 Å². The first-order valence-electron chi connectivity index (χ1n) is 13.6. The lowest BCUT2D eigenvalue weighted by Crippen LogP contribution is -2.60. The molecule has 1 saturated heterocycles. The van der Waals surface area contributed by atoms with E-state index in [2.05, 4.69) is 41.5 Å². The summed E-state index contributed by atoms with van der Waals surface area (Å²) < 4.78 is 18.3. The van der Waals surface area contributed by atoms with Gasteiger partial charge in [-0.05, 0) is 61.2 Å². The monoisotopic (exact) mass is 476 g/mol. The number of morpholine rings is 1. The minimum absolute atomic E-state index is 0.0157. The molecule has 5 aliphatic rings. The smallest absolute Gasteiger partial charge is 0.362 e. The predicted molar refractivity (Wildman–Crippen MR) is 129 cm³/mol. The predicted octanol–water partition coefficient (Wildman–Crippen LogP) is 4.35. The topological polar surface area (TPSA) is 61.8 Å². The molecule has 6 nitrogen and oxygen atoms in total. The van der Waals surface area contributed by atoms with Crippen molar-refractivity contribution in [3.05, 3.63) is 0 Å². The standard InChI is InChI=1S/C28H46NO5/c1-25(2)19-7-9-27(25,5)21(15-19)33-23(30)17-29(11-13-32-14-12-29)18-24(31)34-22-16-20-8-10-28(22,6)26(20,3)4/h19-22H,7-18H2,1-6H3/q+1/t19-,20+,21-,22-,27+,28+/m1/s1. The highest BCUT2D eigenvalue weighted by molar-refractivity contribution is 5.73. The second kappa shape index (κ2) is 7.93. The van der Waals surface area contributed by atoms with E-state index in [1.54, 1.807) is 0 Å². The fourth-order valence-electron chi connectivity index (χ4n) is 8.66. The van der Waals surface area contributed by atoms with Crippen molar-refractivity contribution in [2.45, 2.75) is 92.3 Å². The number of quaternary nitrogens is 1. The maximum absolute atomic E-state index is 13.2. The second-order valence-electron chi connectivity index (χ2n) is 13.9. The van der Waals surface area contributed by atoms with Gasteiger partial charge in [-0.25, -0.2) is 9.59 Å². The fraction of sp³-hybridized carbons (Fsp3) is 0.929. The second-order valence-corrected chi connectivity index (χ2v) is 13.9. The van der Waals surface area contributed by atoms with Gasteiger partial charge in [0, 0.05) is 10.8 Å². The van der Waals surface area contributed by atoms with Gasteiger partial charge in [-0.3, -0.25) is 0 Å². The van der Waals surface area contributed by atoms with Crippen LogP contribution in [-0.2, 0) is 23.8 Å². The van der Waals surface area contributed by atoms with Crippen molar-refractivity contribution < 1.29 is 28.3 Å². The maximum atomic E-state index is 13.2. The summed E-state index contributed by atoms with van der Waals surface area (Å²) in [5, 5.41) is 0. The SMILES string of the molecule is CC1(C)[C@@H]2CC[C@@]1(C)[C@H](OC(=O)C[N+]1(CC(=O)O[C@@H]3C[C@@H]4CC[C@]3(C)C4(C)C)CCOCC1)C2. The van der Waals surface area contributed by atoms with Gasteiger partial charge in [-0.15, -0.1) is 0 Å². The number of carbonyl (C=O) groups is 2. The molecule has 4 saturated carbocycles. The number of esters is 2. The van der Waals surface area contributed by atoms with Crippen LogP contribution in [0.2, 0.25) is 0 Å². The summed E-state index contributed by atoms with van der Waals surface area (Å²) >= 11 is 0. The minimum Gasteiger partial charge on any atom is -0.458 e. The first-order valence-corrected chi connectivity index (χ1v) is 13.6. The third-order valence-electron chi connectivity index (χ3n) is 12.3. The Kier molecular flexibility index (Phi) is 5.73. The highest BCUT2D eigenvalue weighted by Crippen LogP contribution is 2.67. The number of fused-ring (bicyclic) bond motifs is 4. The number of ether oxygens (including phenoxy) is 3. The lowest BCUT2D eigenvalue weighted by atomic mass is 9.70. The van der Waals surface area contributed by atoms with Gasteiger partial charge in [-0.1, -0.05) is 41.5 Å². The zero-order valence-electron chi connectivity index (χ0n) is 22.3. The van der Waals surface area contributed by atoms with Crippen LogP contribution < -0.4 is 0 Å².